The first kappa shape index (κ1) is 15.2. The molecule has 0 aliphatic heterocycles. The van der Waals surface area contributed by atoms with Gasteiger partial charge in [0.2, 0.25) is 9.84 Å². The van der Waals surface area contributed by atoms with Crippen molar-refractivity contribution in [2.24, 2.45) is 0 Å². The third kappa shape index (κ3) is 3.69. The molecule has 0 radical (unpaired) electrons. The monoisotopic (exact) mass is 322 g/mol. The number of thioether (sulfide) groups is 1. The smallest absolute Gasteiger partial charge is 0.217 e. The molecule has 2 aromatic carbocycles. The highest BCUT2D eigenvalue weighted by atomic mass is 32.3. The molecule has 0 bridgehead atoms. The van der Waals surface area contributed by atoms with E-state index in [0.29, 0.717) is 5.75 Å². The maximum absolute atomic E-state index is 12.3. The number of benzene rings is 2. The van der Waals surface area contributed by atoms with Crippen LogP contribution in [0, 0.1) is 6.92 Å². The van der Waals surface area contributed by atoms with Gasteiger partial charge in [-0.15, -0.1) is 0 Å². The molecular weight excluding hydrogens is 308 g/mol. The van der Waals surface area contributed by atoms with E-state index in [1.54, 1.807) is 24.3 Å². The van der Waals surface area contributed by atoms with Crippen LogP contribution in [-0.2, 0) is 15.6 Å². The molecule has 0 heterocycles. The molecule has 0 aromatic heterocycles. The highest BCUT2D eigenvalue weighted by Gasteiger charge is 2.20. The third-order valence-corrected chi connectivity index (χ3v) is 6.82. The standard InChI is InChI=1S/C15H14O2S3/c1-12-7-9-14(10-8-12)20(16,17)15(18)19-11-13-5-3-2-4-6-13/h2-10H,11H2,1H3. The highest BCUT2D eigenvalue weighted by molar-refractivity contribution is 8.43. The molecule has 0 atom stereocenters. The minimum absolute atomic E-state index is 0.0187. The topological polar surface area (TPSA) is 34.1 Å². The fourth-order valence-corrected chi connectivity index (χ4v) is 4.32. The molecule has 0 aliphatic carbocycles. The van der Waals surface area contributed by atoms with Gasteiger partial charge in [-0.1, -0.05) is 72.0 Å². The van der Waals surface area contributed by atoms with Gasteiger partial charge in [0.15, 0.2) is 3.53 Å². The molecule has 0 spiro atoms. The first-order chi connectivity index (χ1) is 9.50. The number of thiocarbonyl (C=S) groups is 1. The molecule has 0 fully saturated rings. The van der Waals surface area contributed by atoms with Gasteiger partial charge in [0.05, 0.1) is 4.90 Å². The second kappa shape index (κ2) is 6.52. The lowest BCUT2D eigenvalue weighted by atomic mass is 10.2. The van der Waals surface area contributed by atoms with Crippen LogP contribution in [0.2, 0.25) is 0 Å². The van der Waals surface area contributed by atoms with Crippen molar-refractivity contribution >= 4 is 37.3 Å². The van der Waals surface area contributed by atoms with Crippen molar-refractivity contribution in [1.29, 1.82) is 0 Å². The molecule has 5 heteroatoms. The van der Waals surface area contributed by atoms with Crippen molar-refractivity contribution in [1.82, 2.24) is 0 Å². The summed E-state index contributed by atoms with van der Waals surface area (Å²) in [4.78, 5) is 0.258. The van der Waals surface area contributed by atoms with Gasteiger partial charge >= 0.3 is 0 Å². The van der Waals surface area contributed by atoms with Gasteiger partial charge in [-0.05, 0) is 24.6 Å². The largest absolute Gasteiger partial charge is 0.222 e. The molecular formula is C15H14O2S3. The lowest BCUT2D eigenvalue weighted by molar-refractivity contribution is 0.608. The van der Waals surface area contributed by atoms with E-state index in [-0.39, 0.29) is 8.42 Å². The average Bonchev–Trinajstić information content (AvgIpc) is 2.46. The molecule has 2 nitrogen and oxygen atoms in total. The van der Waals surface area contributed by atoms with E-state index in [2.05, 4.69) is 0 Å². The zero-order chi connectivity index (χ0) is 14.6. The Labute approximate surface area is 129 Å². The molecule has 0 unspecified atom stereocenters. The maximum Gasteiger partial charge on any atom is 0.222 e. The fraction of sp³-hybridized carbons (Fsp3) is 0.133. The van der Waals surface area contributed by atoms with Crippen molar-refractivity contribution in [3.05, 3.63) is 65.7 Å². The predicted molar refractivity (Wildman–Crippen MR) is 88.7 cm³/mol. The van der Waals surface area contributed by atoms with Crippen LogP contribution >= 0.6 is 24.0 Å². The van der Waals surface area contributed by atoms with Gasteiger partial charge in [-0.25, -0.2) is 8.42 Å². The summed E-state index contributed by atoms with van der Waals surface area (Å²) >= 11 is 6.26. The van der Waals surface area contributed by atoms with Crippen LogP contribution in [0.3, 0.4) is 0 Å². The Morgan fingerprint density at radius 3 is 2.25 bits per heavy atom. The zero-order valence-corrected chi connectivity index (χ0v) is 13.4. The lowest BCUT2D eigenvalue weighted by Gasteiger charge is -2.06. The summed E-state index contributed by atoms with van der Waals surface area (Å²) in [6.45, 7) is 1.92. The number of hydrogen-bond acceptors (Lipinski definition) is 4. The summed E-state index contributed by atoms with van der Waals surface area (Å²) < 4.78 is 24.6. The van der Waals surface area contributed by atoms with E-state index in [0.717, 1.165) is 11.1 Å². The minimum atomic E-state index is -3.53. The summed E-state index contributed by atoms with van der Waals surface area (Å²) in [7, 11) is -3.53. The van der Waals surface area contributed by atoms with E-state index in [1.165, 1.54) is 11.8 Å². The van der Waals surface area contributed by atoms with Crippen LogP contribution in [0.4, 0.5) is 0 Å². The molecule has 104 valence electrons. The summed E-state index contributed by atoms with van der Waals surface area (Å²) in [5, 5.41) is 0. The zero-order valence-electron chi connectivity index (χ0n) is 10.9. The Balaban J connectivity index is 2.10. The van der Waals surface area contributed by atoms with Crippen molar-refractivity contribution in [3.8, 4) is 0 Å². The van der Waals surface area contributed by atoms with Gasteiger partial charge in [-0.2, -0.15) is 0 Å². The normalized spacial score (nSPS) is 11.2. The van der Waals surface area contributed by atoms with Crippen LogP contribution in [0.15, 0.2) is 59.5 Å². The third-order valence-electron chi connectivity index (χ3n) is 2.75. The van der Waals surface area contributed by atoms with Gasteiger partial charge in [0.25, 0.3) is 0 Å². The molecule has 20 heavy (non-hydrogen) atoms. The van der Waals surface area contributed by atoms with E-state index in [4.69, 9.17) is 12.2 Å². The molecule has 0 aliphatic rings. The van der Waals surface area contributed by atoms with Crippen molar-refractivity contribution in [2.45, 2.75) is 17.6 Å². The Kier molecular flexibility index (Phi) is 4.96. The average molecular weight is 322 g/mol. The summed E-state index contributed by atoms with van der Waals surface area (Å²) in [6, 6.07) is 16.4. The fourth-order valence-electron chi connectivity index (χ4n) is 1.61. The predicted octanol–water partition coefficient (Wildman–Crippen LogP) is 3.99. The Bertz CT molecular complexity index is 690. The van der Waals surface area contributed by atoms with Crippen LogP contribution in [0.1, 0.15) is 11.1 Å². The quantitative estimate of drug-likeness (QED) is 0.800. The molecule has 2 rings (SSSR count). The summed E-state index contributed by atoms with van der Waals surface area (Å²) in [6.07, 6.45) is 0. The van der Waals surface area contributed by atoms with Crippen LogP contribution in [-0.4, -0.2) is 11.9 Å². The van der Waals surface area contributed by atoms with Crippen LogP contribution < -0.4 is 0 Å². The lowest BCUT2D eigenvalue weighted by Crippen LogP contribution is -2.09. The molecule has 0 amide bonds. The maximum atomic E-state index is 12.3. The number of hydrogen-bond donors (Lipinski definition) is 0. The van der Waals surface area contributed by atoms with E-state index in [1.807, 2.05) is 37.3 Å². The van der Waals surface area contributed by atoms with E-state index in [9.17, 15) is 8.42 Å². The Morgan fingerprint density at radius 2 is 1.65 bits per heavy atom. The number of rotatable bonds is 3. The van der Waals surface area contributed by atoms with Crippen molar-refractivity contribution < 1.29 is 8.42 Å². The number of aryl methyl sites for hydroxylation is 1. The highest BCUT2D eigenvalue weighted by Crippen LogP contribution is 2.23. The Morgan fingerprint density at radius 1 is 1.05 bits per heavy atom. The van der Waals surface area contributed by atoms with Crippen molar-refractivity contribution in [3.63, 3.8) is 0 Å². The molecule has 0 saturated carbocycles. The second-order valence-corrected chi connectivity index (χ2v) is 8.40. The van der Waals surface area contributed by atoms with E-state index >= 15 is 0 Å². The van der Waals surface area contributed by atoms with Crippen LogP contribution in [0.25, 0.3) is 0 Å². The van der Waals surface area contributed by atoms with E-state index < -0.39 is 9.84 Å². The number of sulfone groups is 1. The van der Waals surface area contributed by atoms with Gasteiger partial charge in [-0.3, -0.25) is 0 Å². The minimum Gasteiger partial charge on any atom is -0.217 e. The molecule has 2 aromatic rings. The summed E-state index contributed by atoms with van der Waals surface area (Å²) in [5.41, 5.74) is 2.07. The van der Waals surface area contributed by atoms with Crippen LogP contribution in [0.5, 0.6) is 0 Å². The molecule has 0 N–H and O–H groups in total. The van der Waals surface area contributed by atoms with Gasteiger partial charge in [0.1, 0.15) is 0 Å². The molecule has 0 saturated heterocycles. The van der Waals surface area contributed by atoms with Crippen molar-refractivity contribution in [2.75, 3.05) is 0 Å². The van der Waals surface area contributed by atoms with Gasteiger partial charge in [0, 0.05) is 5.75 Å². The second-order valence-electron chi connectivity index (χ2n) is 4.34. The first-order valence-corrected chi connectivity index (χ1v) is 8.90. The Hall–Kier alpha value is -1.17. The summed E-state index contributed by atoms with van der Waals surface area (Å²) in [5.74, 6) is 0.560. The first-order valence-electron chi connectivity index (χ1n) is 6.02. The van der Waals surface area contributed by atoms with Gasteiger partial charge < -0.3 is 0 Å². The SMILES string of the molecule is Cc1ccc(S(=O)(=O)C(=S)SCc2ccccc2)cc1.